The van der Waals surface area contributed by atoms with E-state index in [1.54, 1.807) is 29.7 Å². The largest absolute Gasteiger partial charge is 0.399 e. The van der Waals surface area contributed by atoms with Gasteiger partial charge in [-0.3, -0.25) is 0 Å². The highest BCUT2D eigenvalue weighted by Gasteiger charge is 2.17. The number of nitrogens with zero attached hydrogens (tertiary/aromatic N) is 1. The molecule has 0 aliphatic rings. The van der Waals surface area contributed by atoms with E-state index in [0.29, 0.717) is 11.4 Å². The molecule has 0 fully saturated rings. The van der Waals surface area contributed by atoms with E-state index >= 15 is 0 Å². The third kappa shape index (κ3) is 3.27. The molecule has 2 rings (SSSR count). The maximum absolute atomic E-state index is 11.6. The van der Waals surface area contributed by atoms with Crippen molar-refractivity contribution in [1.82, 2.24) is 4.98 Å². The molecule has 2 aromatic rings. The van der Waals surface area contributed by atoms with Gasteiger partial charge in [0.2, 0.25) is 10.0 Å². The van der Waals surface area contributed by atoms with Crippen LogP contribution in [0.4, 0.5) is 11.4 Å². The smallest absolute Gasteiger partial charge is 0.240 e. The molecular formula is C12H16N4O2S2. The number of rotatable bonds is 4. The van der Waals surface area contributed by atoms with E-state index in [-0.39, 0.29) is 10.9 Å². The summed E-state index contributed by atoms with van der Waals surface area (Å²) in [5, 5.41) is 9.19. The second-order valence-electron chi connectivity index (χ2n) is 4.48. The summed E-state index contributed by atoms with van der Waals surface area (Å²) >= 11 is 1.55. The topological polar surface area (TPSA) is 111 Å². The number of sulfonamides is 1. The van der Waals surface area contributed by atoms with Gasteiger partial charge in [0.1, 0.15) is 9.90 Å². The molecule has 0 saturated carbocycles. The van der Waals surface area contributed by atoms with Gasteiger partial charge in [-0.05, 0) is 32.0 Å². The molecule has 108 valence electrons. The minimum Gasteiger partial charge on any atom is -0.399 e. The van der Waals surface area contributed by atoms with Crippen molar-refractivity contribution in [3.05, 3.63) is 34.3 Å². The van der Waals surface area contributed by atoms with Crippen LogP contribution in [0.5, 0.6) is 0 Å². The SMILES string of the molecule is Cc1cnc(C(C)Nc2ccc(N)cc2S(N)(=O)=O)s1. The second-order valence-corrected chi connectivity index (χ2v) is 7.27. The lowest BCUT2D eigenvalue weighted by Gasteiger charge is -2.16. The Morgan fingerprint density at radius 3 is 2.65 bits per heavy atom. The van der Waals surface area contributed by atoms with Crippen molar-refractivity contribution in [2.75, 3.05) is 11.1 Å². The van der Waals surface area contributed by atoms with Crippen LogP contribution in [0.3, 0.4) is 0 Å². The monoisotopic (exact) mass is 312 g/mol. The molecular weight excluding hydrogens is 296 g/mol. The molecule has 1 heterocycles. The average Bonchev–Trinajstić information content (AvgIpc) is 2.77. The minimum atomic E-state index is -3.84. The fourth-order valence-electron chi connectivity index (χ4n) is 1.76. The molecule has 1 aromatic heterocycles. The molecule has 20 heavy (non-hydrogen) atoms. The summed E-state index contributed by atoms with van der Waals surface area (Å²) in [4.78, 5) is 5.35. The van der Waals surface area contributed by atoms with Crippen molar-refractivity contribution in [2.45, 2.75) is 24.8 Å². The zero-order valence-corrected chi connectivity index (χ0v) is 12.8. The van der Waals surface area contributed by atoms with Gasteiger partial charge in [-0.25, -0.2) is 18.5 Å². The van der Waals surface area contributed by atoms with Crippen LogP contribution in [0, 0.1) is 6.92 Å². The molecule has 0 amide bonds. The highest BCUT2D eigenvalue weighted by atomic mass is 32.2. The van der Waals surface area contributed by atoms with Gasteiger partial charge in [-0.15, -0.1) is 11.3 Å². The molecule has 0 spiro atoms. The van der Waals surface area contributed by atoms with Crippen molar-refractivity contribution < 1.29 is 8.42 Å². The van der Waals surface area contributed by atoms with Crippen LogP contribution in [0.1, 0.15) is 22.9 Å². The van der Waals surface area contributed by atoms with Crippen molar-refractivity contribution in [3.8, 4) is 0 Å². The zero-order valence-electron chi connectivity index (χ0n) is 11.1. The van der Waals surface area contributed by atoms with Crippen LogP contribution in [-0.4, -0.2) is 13.4 Å². The molecule has 1 aromatic carbocycles. The maximum Gasteiger partial charge on any atom is 0.240 e. The number of thiazole rings is 1. The number of nitrogens with two attached hydrogens (primary N) is 2. The lowest BCUT2D eigenvalue weighted by molar-refractivity contribution is 0.598. The number of aromatic nitrogens is 1. The molecule has 0 saturated heterocycles. The highest BCUT2D eigenvalue weighted by Crippen LogP contribution is 2.28. The van der Waals surface area contributed by atoms with Gasteiger partial charge in [0.25, 0.3) is 0 Å². The van der Waals surface area contributed by atoms with E-state index in [9.17, 15) is 8.42 Å². The second kappa shape index (κ2) is 5.39. The molecule has 1 atom stereocenters. The van der Waals surface area contributed by atoms with Crippen LogP contribution < -0.4 is 16.2 Å². The van der Waals surface area contributed by atoms with E-state index in [1.165, 1.54) is 6.07 Å². The summed E-state index contributed by atoms with van der Waals surface area (Å²) in [6, 6.07) is 4.44. The van der Waals surface area contributed by atoms with Crippen LogP contribution in [0.2, 0.25) is 0 Å². The molecule has 0 aliphatic carbocycles. The number of hydrogen-bond acceptors (Lipinski definition) is 6. The Morgan fingerprint density at radius 2 is 2.10 bits per heavy atom. The summed E-state index contributed by atoms with van der Waals surface area (Å²) in [5.74, 6) is 0. The van der Waals surface area contributed by atoms with Crippen molar-refractivity contribution in [3.63, 3.8) is 0 Å². The van der Waals surface area contributed by atoms with E-state index in [2.05, 4.69) is 10.3 Å². The molecule has 6 nitrogen and oxygen atoms in total. The number of nitrogen functional groups attached to an aromatic ring is 1. The van der Waals surface area contributed by atoms with Crippen molar-refractivity contribution >= 4 is 32.7 Å². The Bertz CT molecular complexity index is 725. The fourth-order valence-corrected chi connectivity index (χ4v) is 3.27. The van der Waals surface area contributed by atoms with Crippen molar-refractivity contribution in [1.29, 1.82) is 0 Å². The van der Waals surface area contributed by atoms with Gasteiger partial charge in [0.15, 0.2) is 0 Å². The first-order valence-electron chi connectivity index (χ1n) is 5.88. The Labute approximate surface area is 121 Å². The summed E-state index contributed by atoms with van der Waals surface area (Å²) in [7, 11) is -3.84. The number of hydrogen-bond donors (Lipinski definition) is 3. The van der Waals surface area contributed by atoms with Gasteiger partial charge in [0, 0.05) is 16.8 Å². The first kappa shape index (κ1) is 14.8. The Morgan fingerprint density at radius 1 is 1.40 bits per heavy atom. The lowest BCUT2D eigenvalue weighted by Crippen LogP contribution is -2.16. The molecule has 1 unspecified atom stereocenters. The number of benzene rings is 1. The van der Waals surface area contributed by atoms with Crippen LogP contribution in [-0.2, 0) is 10.0 Å². The highest BCUT2D eigenvalue weighted by molar-refractivity contribution is 7.89. The van der Waals surface area contributed by atoms with Crippen molar-refractivity contribution in [2.24, 2.45) is 5.14 Å². The van der Waals surface area contributed by atoms with Gasteiger partial charge in [-0.1, -0.05) is 0 Å². The molecule has 8 heteroatoms. The van der Waals surface area contributed by atoms with E-state index in [4.69, 9.17) is 10.9 Å². The molecule has 0 radical (unpaired) electrons. The first-order valence-corrected chi connectivity index (χ1v) is 8.25. The predicted molar refractivity (Wildman–Crippen MR) is 81.1 cm³/mol. The van der Waals surface area contributed by atoms with E-state index in [1.807, 2.05) is 13.8 Å². The third-order valence-electron chi connectivity index (χ3n) is 2.69. The van der Waals surface area contributed by atoms with Crippen LogP contribution >= 0.6 is 11.3 Å². The maximum atomic E-state index is 11.6. The number of primary sulfonamides is 1. The Kier molecular flexibility index (Phi) is 3.98. The summed E-state index contributed by atoms with van der Waals surface area (Å²) < 4.78 is 23.2. The van der Waals surface area contributed by atoms with Gasteiger partial charge in [-0.2, -0.15) is 0 Å². The average molecular weight is 312 g/mol. The van der Waals surface area contributed by atoms with Crippen LogP contribution in [0.15, 0.2) is 29.3 Å². The Balaban J connectivity index is 2.34. The van der Waals surface area contributed by atoms with E-state index in [0.717, 1.165) is 9.88 Å². The normalized spacial score (nSPS) is 13.2. The third-order valence-corrected chi connectivity index (χ3v) is 4.74. The Hall–Kier alpha value is -1.64. The number of anilines is 2. The van der Waals surface area contributed by atoms with Gasteiger partial charge in [0.05, 0.1) is 11.7 Å². The number of nitrogens with one attached hydrogen (secondary N) is 1. The van der Waals surface area contributed by atoms with Gasteiger partial charge < -0.3 is 11.1 Å². The summed E-state index contributed by atoms with van der Waals surface area (Å²) in [5.41, 5.74) is 6.37. The van der Waals surface area contributed by atoms with Crippen LogP contribution in [0.25, 0.3) is 0 Å². The fraction of sp³-hybridized carbons (Fsp3) is 0.250. The minimum absolute atomic E-state index is 0.0161. The van der Waals surface area contributed by atoms with Gasteiger partial charge >= 0.3 is 0 Å². The quantitative estimate of drug-likeness (QED) is 0.746. The standard InChI is InChI=1S/C12H16N4O2S2/c1-7-6-15-12(19-7)8(2)16-10-4-3-9(13)5-11(10)20(14,17)18/h3-6,8,16H,13H2,1-2H3,(H2,14,17,18). The first-order chi connectivity index (χ1) is 9.27. The lowest BCUT2D eigenvalue weighted by atomic mass is 10.2. The molecule has 0 bridgehead atoms. The zero-order chi connectivity index (χ0) is 14.9. The summed E-state index contributed by atoms with van der Waals surface area (Å²) in [6.07, 6.45) is 1.78. The molecule has 0 aliphatic heterocycles. The summed E-state index contributed by atoms with van der Waals surface area (Å²) in [6.45, 7) is 3.87. The number of aryl methyl sites for hydroxylation is 1. The predicted octanol–water partition coefficient (Wildman–Crippen LogP) is 1.85. The molecule has 5 N–H and O–H groups in total. The van der Waals surface area contributed by atoms with E-state index < -0.39 is 10.0 Å².